The lowest BCUT2D eigenvalue weighted by atomic mass is 10.1. The highest BCUT2D eigenvalue weighted by molar-refractivity contribution is 4.92. The van der Waals surface area contributed by atoms with Crippen molar-refractivity contribution in [3.8, 4) is 12.3 Å². The van der Waals surface area contributed by atoms with Gasteiger partial charge >= 0.3 is 0 Å². The number of rotatable bonds is 0. The molecule has 0 aromatic carbocycles. The molecule has 1 aliphatic carbocycles. The summed E-state index contributed by atoms with van der Waals surface area (Å²) in [5.74, 6) is 1.99. The Morgan fingerprint density at radius 2 is 2.27 bits per heavy atom. The van der Waals surface area contributed by atoms with Gasteiger partial charge in [-0.15, -0.1) is 6.42 Å². The van der Waals surface area contributed by atoms with Crippen LogP contribution in [0.1, 0.15) is 19.3 Å². The average molecular weight is 154 g/mol. The normalized spacial score (nSPS) is 21.4. The third-order valence-electron chi connectivity index (χ3n) is 1.32. The molecule has 0 aromatic rings. The Kier molecular flexibility index (Phi) is 6.81. The first-order chi connectivity index (χ1) is 5.31. The zero-order valence-electron chi connectivity index (χ0n) is 6.53. The van der Waals surface area contributed by atoms with Crippen LogP contribution in [0.3, 0.4) is 0 Å². The molecule has 0 aromatic heterocycles. The van der Waals surface area contributed by atoms with Crippen molar-refractivity contribution in [1.29, 1.82) is 0 Å². The van der Waals surface area contributed by atoms with E-state index in [1.165, 1.54) is 0 Å². The first-order valence-corrected chi connectivity index (χ1v) is 3.70. The number of aliphatic hydroxyl groups is 2. The molecule has 11 heavy (non-hydrogen) atoms. The third-order valence-corrected chi connectivity index (χ3v) is 1.32. The van der Waals surface area contributed by atoms with Crippen molar-refractivity contribution >= 4 is 0 Å². The number of hydrogen-bond donors (Lipinski definition) is 2. The molecule has 1 atom stereocenters. The van der Waals surface area contributed by atoms with Crippen molar-refractivity contribution < 1.29 is 10.2 Å². The van der Waals surface area contributed by atoms with E-state index in [-0.39, 0.29) is 12.7 Å². The summed E-state index contributed by atoms with van der Waals surface area (Å²) >= 11 is 0. The van der Waals surface area contributed by atoms with Crippen LogP contribution < -0.4 is 0 Å². The van der Waals surface area contributed by atoms with Gasteiger partial charge in [0.25, 0.3) is 0 Å². The molecule has 0 radical (unpaired) electrons. The van der Waals surface area contributed by atoms with E-state index in [9.17, 15) is 0 Å². The van der Waals surface area contributed by atoms with Gasteiger partial charge in [0.1, 0.15) is 6.61 Å². The van der Waals surface area contributed by atoms with Crippen LogP contribution in [-0.4, -0.2) is 22.9 Å². The fourth-order valence-corrected chi connectivity index (χ4v) is 0.794. The molecule has 1 rings (SSSR count). The number of allylic oxidation sites excluding steroid dienone is 1. The van der Waals surface area contributed by atoms with Crippen LogP contribution in [0.2, 0.25) is 0 Å². The fourth-order valence-electron chi connectivity index (χ4n) is 0.794. The van der Waals surface area contributed by atoms with Gasteiger partial charge in [-0.05, 0) is 19.3 Å². The van der Waals surface area contributed by atoms with Crippen molar-refractivity contribution in [2.75, 3.05) is 6.61 Å². The summed E-state index contributed by atoms with van der Waals surface area (Å²) in [6.45, 7) is -0.153. The summed E-state index contributed by atoms with van der Waals surface area (Å²) in [7, 11) is 0. The van der Waals surface area contributed by atoms with Crippen LogP contribution in [0.15, 0.2) is 12.2 Å². The van der Waals surface area contributed by atoms with E-state index >= 15 is 0 Å². The smallest absolute Gasteiger partial charge is 0.103 e. The molecule has 0 bridgehead atoms. The molecule has 1 aliphatic rings. The van der Waals surface area contributed by atoms with Crippen molar-refractivity contribution in [2.24, 2.45) is 0 Å². The minimum absolute atomic E-state index is 0.145. The van der Waals surface area contributed by atoms with Crippen molar-refractivity contribution in [3.05, 3.63) is 12.2 Å². The van der Waals surface area contributed by atoms with Gasteiger partial charge in [-0.25, -0.2) is 0 Å². The topological polar surface area (TPSA) is 40.5 Å². The molecule has 0 aliphatic heterocycles. The van der Waals surface area contributed by atoms with Crippen LogP contribution in [0.4, 0.5) is 0 Å². The molecule has 0 heterocycles. The highest BCUT2D eigenvalue weighted by Crippen LogP contribution is 2.08. The number of aliphatic hydroxyl groups excluding tert-OH is 2. The largest absolute Gasteiger partial charge is 0.389 e. The summed E-state index contributed by atoms with van der Waals surface area (Å²) in [6, 6.07) is 0. The lowest BCUT2D eigenvalue weighted by Crippen LogP contribution is -2.04. The summed E-state index contributed by atoms with van der Waals surface area (Å²) in [5, 5.41) is 16.5. The molecule has 62 valence electrons. The molecule has 1 unspecified atom stereocenters. The summed E-state index contributed by atoms with van der Waals surface area (Å²) in [6.07, 6.45) is 11.5. The van der Waals surface area contributed by atoms with Gasteiger partial charge in [-0.1, -0.05) is 18.1 Å². The fraction of sp³-hybridized carbons (Fsp3) is 0.556. The lowest BCUT2D eigenvalue weighted by molar-refractivity contribution is 0.204. The SMILES string of the molecule is C#CCO.OC1C=CCCC1. The van der Waals surface area contributed by atoms with E-state index in [4.69, 9.17) is 10.2 Å². The zero-order chi connectivity index (χ0) is 8.53. The van der Waals surface area contributed by atoms with Gasteiger partial charge < -0.3 is 10.2 Å². The molecular weight excluding hydrogens is 140 g/mol. The standard InChI is InChI=1S/C6H10O.C3H4O/c7-6-4-2-1-3-5-6;1-2-3-4/h2,4,6-7H,1,3,5H2;1,4H,3H2. The quantitative estimate of drug-likeness (QED) is 0.398. The maximum atomic E-state index is 8.82. The Morgan fingerprint density at radius 3 is 2.45 bits per heavy atom. The van der Waals surface area contributed by atoms with E-state index in [0.717, 1.165) is 19.3 Å². The average Bonchev–Trinajstić information content (AvgIpc) is 2.07. The summed E-state index contributed by atoms with van der Waals surface area (Å²) in [4.78, 5) is 0. The van der Waals surface area contributed by atoms with E-state index in [0.29, 0.717) is 0 Å². The summed E-state index contributed by atoms with van der Waals surface area (Å²) < 4.78 is 0. The van der Waals surface area contributed by atoms with Gasteiger partial charge in [-0.3, -0.25) is 0 Å². The third kappa shape index (κ3) is 7.11. The lowest BCUT2D eigenvalue weighted by Gasteiger charge is -2.07. The summed E-state index contributed by atoms with van der Waals surface area (Å²) in [5.41, 5.74) is 0. The number of terminal acetylenes is 1. The van der Waals surface area contributed by atoms with Gasteiger partial charge in [0.05, 0.1) is 6.10 Å². The minimum atomic E-state index is -0.153. The van der Waals surface area contributed by atoms with Crippen molar-refractivity contribution in [1.82, 2.24) is 0 Å². The first-order valence-electron chi connectivity index (χ1n) is 3.70. The van der Waals surface area contributed by atoms with E-state index in [1.807, 2.05) is 18.1 Å². The molecule has 0 amide bonds. The highest BCUT2D eigenvalue weighted by Gasteiger charge is 2.00. The molecular formula is C9H14O2. The van der Waals surface area contributed by atoms with Crippen LogP contribution >= 0.6 is 0 Å². The zero-order valence-corrected chi connectivity index (χ0v) is 6.53. The Balaban J connectivity index is 0.000000218. The molecule has 2 N–H and O–H groups in total. The van der Waals surface area contributed by atoms with Crippen molar-refractivity contribution in [3.63, 3.8) is 0 Å². The van der Waals surface area contributed by atoms with Gasteiger partial charge in [0.2, 0.25) is 0 Å². The van der Waals surface area contributed by atoms with E-state index in [1.54, 1.807) is 0 Å². The molecule has 2 heteroatoms. The predicted octanol–water partition coefficient (Wildman–Crippen LogP) is 0.699. The Hall–Kier alpha value is -0.780. The van der Waals surface area contributed by atoms with Gasteiger partial charge in [0, 0.05) is 0 Å². The molecule has 0 spiro atoms. The van der Waals surface area contributed by atoms with E-state index < -0.39 is 0 Å². The minimum Gasteiger partial charge on any atom is -0.389 e. The maximum absolute atomic E-state index is 8.82. The van der Waals surface area contributed by atoms with Crippen LogP contribution in [-0.2, 0) is 0 Å². The molecule has 2 nitrogen and oxygen atoms in total. The van der Waals surface area contributed by atoms with Crippen LogP contribution in [0, 0.1) is 12.3 Å². The molecule has 0 saturated heterocycles. The van der Waals surface area contributed by atoms with Gasteiger partial charge in [0.15, 0.2) is 0 Å². The van der Waals surface area contributed by atoms with Crippen LogP contribution in [0.5, 0.6) is 0 Å². The first kappa shape index (κ1) is 10.2. The number of hydrogen-bond acceptors (Lipinski definition) is 2. The molecule has 0 saturated carbocycles. The second kappa shape index (κ2) is 7.33. The monoisotopic (exact) mass is 154 g/mol. The second-order valence-corrected chi connectivity index (χ2v) is 2.29. The Bertz CT molecular complexity index is 144. The van der Waals surface area contributed by atoms with Crippen LogP contribution in [0.25, 0.3) is 0 Å². The predicted molar refractivity (Wildman–Crippen MR) is 44.9 cm³/mol. The van der Waals surface area contributed by atoms with E-state index in [2.05, 4.69) is 6.42 Å². The highest BCUT2D eigenvalue weighted by atomic mass is 16.3. The maximum Gasteiger partial charge on any atom is 0.103 e. The molecule has 0 fully saturated rings. The van der Waals surface area contributed by atoms with Gasteiger partial charge in [-0.2, -0.15) is 0 Å². The van der Waals surface area contributed by atoms with Crippen molar-refractivity contribution in [2.45, 2.75) is 25.4 Å². The Labute approximate surface area is 67.6 Å². The Morgan fingerprint density at radius 1 is 1.64 bits per heavy atom. The second-order valence-electron chi connectivity index (χ2n) is 2.29.